The smallest absolute Gasteiger partial charge is 0.227 e. The summed E-state index contributed by atoms with van der Waals surface area (Å²) in [6.45, 7) is 8.75. The molecule has 0 bridgehead atoms. The highest BCUT2D eigenvalue weighted by Crippen LogP contribution is 2.20. The summed E-state index contributed by atoms with van der Waals surface area (Å²) in [5.41, 5.74) is 5.70. The van der Waals surface area contributed by atoms with Gasteiger partial charge in [0.2, 0.25) is 5.91 Å². The molecule has 2 unspecified atom stereocenters. The molecule has 3 heteroatoms. The predicted molar refractivity (Wildman–Crippen MR) is 67.0 cm³/mol. The van der Waals surface area contributed by atoms with Crippen molar-refractivity contribution in [3.63, 3.8) is 0 Å². The van der Waals surface area contributed by atoms with E-state index in [1.54, 1.807) is 0 Å². The molecular weight excluding hydrogens is 200 g/mol. The molecule has 1 aliphatic heterocycles. The van der Waals surface area contributed by atoms with Crippen molar-refractivity contribution in [2.75, 3.05) is 19.6 Å². The van der Waals surface area contributed by atoms with Crippen LogP contribution in [0, 0.1) is 17.8 Å². The summed E-state index contributed by atoms with van der Waals surface area (Å²) in [5.74, 6) is 1.38. The Bertz CT molecular complexity index is 228. The zero-order chi connectivity index (χ0) is 12.1. The van der Waals surface area contributed by atoms with Crippen molar-refractivity contribution < 1.29 is 4.79 Å². The summed E-state index contributed by atoms with van der Waals surface area (Å²) >= 11 is 0. The fourth-order valence-electron chi connectivity index (χ4n) is 2.38. The number of carbonyl (C=O) groups is 1. The van der Waals surface area contributed by atoms with Crippen molar-refractivity contribution in [3.05, 3.63) is 0 Å². The first-order valence-corrected chi connectivity index (χ1v) is 6.55. The van der Waals surface area contributed by atoms with Gasteiger partial charge in [-0.25, -0.2) is 0 Å². The average Bonchev–Trinajstić information content (AvgIpc) is 2.43. The van der Waals surface area contributed by atoms with Crippen LogP contribution in [0.3, 0.4) is 0 Å². The molecule has 1 heterocycles. The zero-order valence-electron chi connectivity index (χ0n) is 10.9. The van der Waals surface area contributed by atoms with Gasteiger partial charge in [-0.2, -0.15) is 0 Å². The van der Waals surface area contributed by atoms with Crippen LogP contribution in [0.1, 0.15) is 40.0 Å². The Morgan fingerprint density at radius 1 is 1.38 bits per heavy atom. The summed E-state index contributed by atoms with van der Waals surface area (Å²) in [5, 5.41) is 0. The molecule has 1 saturated heterocycles. The molecule has 94 valence electrons. The van der Waals surface area contributed by atoms with Gasteiger partial charge in [-0.05, 0) is 31.1 Å². The topological polar surface area (TPSA) is 46.3 Å². The van der Waals surface area contributed by atoms with Crippen molar-refractivity contribution in [1.82, 2.24) is 4.90 Å². The van der Waals surface area contributed by atoms with Crippen molar-refractivity contribution >= 4 is 5.91 Å². The summed E-state index contributed by atoms with van der Waals surface area (Å²) < 4.78 is 0. The van der Waals surface area contributed by atoms with Crippen molar-refractivity contribution in [2.45, 2.75) is 40.0 Å². The second-order valence-corrected chi connectivity index (χ2v) is 5.45. The highest BCUT2D eigenvalue weighted by molar-refractivity contribution is 5.79. The molecule has 2 atom stereocenters. The number of likely N-dealkylation sites (tertiary alicyclic amines) is 1. The SMILES string of the molecule is CC1CCCN(C(=O)C(CN)C(C)C)CC1. The van der Waals surface area contributed by atoms with Gasteiger partial charge in [0.1, 0.15) is 0 Å². The minimum atomic E-state index is 0.00778. The Morgan fingerprint density at radius 2 is 2.06 bits per heavy atom. The van der Waals surface area contributed by atoms with Crippen LogP contribution in [0.5, 0.6) is 0 Å². The summed E-state index contributed by atoms with van der Waals surface area (Å²) in [4.78, 5) is 14.3. The van der Waals surface area contributed by atoms with Gasteiger partial charge in [-0.1, -0.05) is 20.8 Å². The largest absolute Gasteiger partial charge is 0.342 e. The maximum Gasteiger partial charge on any atom is 0.227 e. The van der Waals surface area contributed by atoms with Crippen molar-refractivity contribution in [3.8, 4) is 0 Å². The van der Waals surface area contributed by atoms with E-state index in [1.165, 1.54) is 6.42 Å². The van der Waals surface area contributed by atoms with Gasteiger partial charge >= 0.3 is 0 Å². The average molecular weight is 226 g/mol. The molecule has 0 spiro atoms. The Hall–Kier alpha value is -0.570. The summed E-state index contributed by atoms with van der Waals surface area (Å²) in [7, 11) is 0. The lowest BCUT2D eigenvalue weighted by molar-refractivity contribution is -0.136. The molecule has 0 aromatic carbocycles. The third-order valence-corrected chi connectivity index (χ3v) is 3.70. The minimum absolute atomic E-state index is 0.00778. The Balaban J connectivity index is 2.58. The maximum atomic E-state index is 12.3. The van der Waals surface area contributed by atoms with Crippen LogP contribution in [0.4, 0.5) is 0 Å². The number of rotatable bonds is 3. The molecule has 2 N–H and O–H groups in total. The van der Waals surface area contributed by atoms with Crippen LogP contribution in [0.25, 0.3) is 0 Å². The molecule has 0 aliphatic carbocycles. The van der Waals surface area contributed by atoms with E-state index in [4.69, 9.17) is 5.73 Å². The molecule has 0 radical (unpaired) electrons. The van der Waals surface area contributed by atoms with E-state index >= 15 is 0 Å². The standard InChI is InChI=1S/C13H26N2O/c1-10(2)12(9-14)13(16)15-7-4-5-11(3)6-8-15/h10-12H,4-9,14H2,1-3H3. The number of nitrogens with two attached hydrogens (primary N) is 1. The van der Waals surface area contributed by atoms with Crippen molar-refractivity contribution in [2.24, 2.45) is 23.5 Å². The molecule has 16 heavy (non-hydrogen) atoms. The van der Waals surface area contributed by atoms with Crippen LogP contribution in [-0.2, 0) is 4.79 Å². The predicted octanol–water partition coefficient (Wildman–Crippen LogP) is 1.87. The van der Waals surface area contributed by atoms with E-state index in [1.807, 2.05) is 4.90 Å². The number of hydrogen-bond donors (Lipinski definition) is 1. The Kier molecular flexibility index (Phi) is 5.26. The second kappa shape index (κ2) is 6.24. The highest BCUT2D eigenvalue weighted by atomic mass is 16.2. The van der Waals surface area contributed by atoms with Gasteiger partial charge < -0.3 is 10.6 Å². The summed E-state index contributed by atoms with van der Waals surface area (Å²) in [6, 6.07) is 0. The zero-order valence-corrected chi connectivity index (χ0v) is 10.9. The van der Waals surface area contributed by atoms with Gasteiger partial charge in [0.15, 0.2) is 0 Å². The van der Waals surface area contributed by atoms with E-state index < -0.39 is 0 Å². The molecule has 1 amide bonds. The quantitative estimate of drug-likeness (QED) is 0.798. The molecule has 1 rings (SSSR count). The van der Waals surface area contributed by atoms with Crippen LogP contribution in [0.15, 0.2) is 0 Å². The minimum Gasteiger partial charge on any atom is -0.342 e. The van der Waals surface area contributed by atoms with E-state index in [0.29, 0.717) is 12.5 Å². The fraction of sp³-hybridized carbons (Fsp3) is 0.923. The Morgan fingerprint density at radius 3 is 2.62 bits per heavy atom. The molecular formula is C13H26N2O. The lowest BCUT2D eigenvalue weighted by Gasteiger charge is -2.27. The van der Waals surface area contributed by atoms with Crippen LogP contribution in [-0.4, -0.2) is 30.4 Å². The third-order valence-electron chi connectivity index (χ3n) is 3.70. The van der Waals surface area contributed by atoms with E-state index in [2.05, 4.69) is 20.8 Å². The molecule has 0 saturated carbocycles. The second-order valence-electron chi connectivity index (χ2n) is 5.45. The molecule has 1 fully saturated rings. The normalized spacial score (nSPS) is 24.3. The van der Waals surface area contributed by atoms with Crippen LogP contribution >= 0.6 is 0 Å². The number of nitrogens with zero attached hydrogens (tertiary/aromatic N) is 1. The number of hydrogen-bond acceptors (Lipinski definition) is 2. The molecule has 0 aromatic heterocycles. The van der Waals surface area contributed by atoms with Crippen LogP contribution < -0.4 is 5.73 Å². The molecule has 3 nitrogen and oxygen atoms in total. The van der Waals surface area contributed by atoms with E-state index in [9.17, 15) is 4.79 Å². The number of carbonyl (C=O) groups excluding carboxylic acids is 1. The molecule has 0 aromatic rings. The molecule has 1 aliphatic rings. The highest BCUT2D eigenvalue weighted by Gasteiger charge is 2.26. The van der Waals surface area contributed by atoms with Crippen LogP contribution in [0.2, 0.25) is 0 Å². The van der Waals surface area contributed by atoms with Gasteiger partial charge in [-0.15, -0.1) is 0 Å². The van der Waals surface area contributed by atoms with Gasteiger partial charge in [0, 0.05) is 19.6 Å². The number of amides is 1. The maximum absolute atomic E-state index is 12.3. The summed E-state index contributed by atoms with van der Waals surface area (Å²) in [6.07, 6.45) is 3.53. The van der Waals surface area contributed by atoms with Gasteiger partial charge in [0.05, 0.1) is 5.92 Å². The van der Waals surface area contributed by atoms with Crippen molar-refractivity contribution in [1.29, 1.82) is 0 Å². The first-order valence-electron chi connectivity index (χ1n) is 6.55. The fourth-order valence-corrected chi connectivity index (χ4v) is 2.38. The first-order chi connectivity index (χ1) is 7.56. The van der Waals surface area contributed by atoms with E-state index in [0.717, 1.165) is 31.8 Å². The monoisotopic (exact) mass is 226 g/mol. The lowest BCUT2D eigenvalue weighted by atomic mass is 9.94. The van der Waals surface area contributed by atoms with Gasteiger partial charge in [0.25, 0.3) is 0 Å². The van der Waals surface area contributed by atoms with E-state index in [-0.39, 0.29) is 11.8 Å². The third kappa shape index (κ3) is 3.48. The lowest BCUT2D eigenvalue weighted by Crippen LogP contribution is -2.41. The first kappa shape index (κ1) is 13.5. The van der Waals surface area contributed by atoms with Gasteiger partial charge in [-0.3, -0.25) is 4.79 Å². The Labute approximate surface area is 99.4 Å².